The number of hydrogen-bond donors (Lipinski definition) is 0. The summed E-state index contributed by atoms with van der Waals surface area (Å²) >= 11 is 3.37. The van der Waals surface area contributed by atoms with E-state index >= 15 is 0 Å². The standard InChI is InChI=1S/C11H20BrNO2/c1-3-7-13(8-6-12)11(14)10-5-4-9(2)15-10/h9-10H,3-8H2,1-2H3. The van der Waals surface area contributed by atoms with Gasteiger partial charge >= 0.3 is 0 Å². The summed E-state index contributed by atoms with van der Waals surface area (Å²) in [6, 6.07) is 0. The molecule has 0 saturated carbocycles. The molecule has 1 amide bonds. The van der Waals surface area contributed by atoms with E-state index in [0.717, 1.165) is 37.7 Å². The maximum atomic E-state index is 12.1. The fourth-order valence-electron chi connectivity index (χ4n) is 1.89. The van der Waals surface area contributed by atoms with E-state index in [9.17, 15) is 4.79 Å². The van der Waals surface area contributed by atoms with Crippen molar-refractivity contribution in [1.29, 1.82) is 0 Å². The van der Waals surface area contributed by atoms with Gasteiger partial charge in [0.05, 0.1) is 6.10 Å². The molecule has 0 radical (unpaired) electrons. The molecule has 1 heterocycles. The van der Waals surface area contributed by atoms with Crippen LogP contribution in [0.2, 0.25) is 0 Å². The summed E-state index contributed by atoms with van der Waals surface area (Å²) < 4.78 is 5.59. The van der Waals surface area contributed by atoms with Gasteiger partial charge < -0.3 is 9.64 Å². The van der Waals surface area contributed by atoms with Gasteiger partial charge in [0, 0.05) is 18.4 Å². The van der Waals surface area contributed by atoms with Crippen molar-refractivity contribution in [3.63, 3.8) is 0 Å². The molecular formula is C11H20BrNO2. The lowest BCUT2D eigenvalue weighted by Gasteiger charge is -2.24. The lowest BCUT2D eigenvalue weighted by Crippen LogP contribution is -2.40. The van der Waals surface area contributed by atoms with E-state index in [1.54, 1.807) is 0 Å². The van der Waals surface area contributed by atoms with E-state index in [4.69, 9.17) is 4.74 Å². The van der Waals surface area contributed by atoms with Gasteiger partial charge in [-0.15, -0.1) is 0 Å². The SMILES string of the molecule is CCCN(CCBr)C(=O)C1CCC(C)O1. The molecule has 1 aliphatic rings. The Morgan fingerprint density at radius 1 is 1.47 bits per heavy atom. The fraction of sp³-hybridized carbons (Fsp3) is 0.909. The number of rotatable bonds is 5. The minimum Gasteiger partial charge on any atom is -0.365 e. The van der Waals surface area contributed by atoms with E-state index in [1.807, 2.05) is 11.8 Å². The number of hydrogen-bond acceptors (Lipinski definition) is 2. The van der Waals surface area contributed by atoms with E-state index in [2.05, 4.69) is 22.9 Å². The van der Waals surface area contributed by atoms with Gasteiger partial charge in [-0.2, -0.15) is 0 Å². The van der Waals surface area contributed by atoms with E-state index in [-0.39, 0.29) is 18.1 Å². The van der Waals surface area contributed by atoms with Gasteiger partial charge in [-0.05, 0) is 26.2 Å². The molecule has 15 heavy (non-hydrogen) atoms. The Balaban J connectivity index is 2.47. The number of alkyl halides is 1. The van der Waals surface area contributed by atoms with Gasteiger partial charge in [-0.3, -0.25) is 4.79 Å². The second-order valence-electron chi connectivity index (χ2n) is 4.03. The zero-order chi connectivity index (χ0) is 11.3. The molecule has 1 saturated heterocycles. The Bertz CT molecular complexity index is 205. The highest BCUT2D eigenvalue weighted by atomic mass is 79.9. The van der Waals surface area contributed by atoms with Crippen molar-refractivity contribution in [2.45, 2.75) is 45.3 Å². The third-order valence-corrected chi connectivity index (χ3v) is 3.02. The van der Waals surface area contributed by atoms with Gasteiger partial charge in [-0.1, -0.05) is 22.9 Å². The number of nitrogens with zero attached hydrogens (tertiary/aromatic N) is 1. The van der Waals surface area contributed by atoms with Crippen LogP contribution in [0.5, 0.6) is 0 Å². The molecular weight excluding hydrogens is 258 g/mol. The first-order valence-electron chi connectivity index (χ1n) is 5.69. The molecule has 4 heteroatoms. The minimum absolute atomic E-state index is 0.167. The first-order valence-corrected chi connectivity index (χ1v) is 6.81. The Morgan fingerprint density at radius 3 is 2.67 bits per heavy atom. The third-order valence-electron chi connectivity index (χ3n) is 2.67. The summed E-state index contributed by atoms with van der Waals surface area (Å²) in [5.41, 5.74) is 0. The molecule has 1 aliphatic heterocycles. The van der Waals surface area contributed by atoms with Crippen molar-refractivity contribution in [3.8, 4) is 0 Å². The van der Waals surface area contributed by atoms with Crippen LogP contribution in [0, 0.1) is 0 Å². The van der Waals surface area contributed by atoms with Crippen LogP contribution in [0.25, 0.3) is 0 Å². The fourth-order valence-corrected chi connectivity index (χ4v) is 2.32. The second-order valence-corrected chi connectivity index (χ2v) is 4.82. The highest BCUT2D eigenvalue weighted by Crippen LogP contribution is 2.20. The summed E-state index contributed by atoms with van der Waals surface area (Å²) in [5, 5.41) is 0.834. The maximum absolute atomic E-state index is 12.1. The largest absolute Gasteiger partial charge is 0.365 e. The summed E-state index contributed by atoms with van der Waals surface area (Å²) in [5.74, 6) is 0.167. The third kappa shape index (κ3) is 3.76. The number of carbonyl (C=O) groups is 1. The molecule has 0 aromatic carbocycles. The molecule has 0 N–H and O–H groups in total. The summed E-state index contributed by atoms with van der Waals surface area (Å²) in [6.07, 6.45) is 2.94. The monoisotopic (exact) mass is 277 g/mol. The molecule has 88 valence electrons. The van der Waals surface area contributed by atoms with Crippen molar-refractivity contribution in [2.24, 2.45) is 0 Å². The molecule has 0 aromatic rings. The molecule has 0 aromatic heterocycles. The normalized spacial score (nSPS) is 25.5. The Hall–Kier alpha value is -0.0900. The van der Waals surface area contributed by atoms with E-state index < -0.39 is 0 Å². The van der Waals surface area contributed by atoms with Crippen LogP contribution in [0.1, 0.15) is 33.1 Å². The van der Waals surface area contributed by atoms with Crippen LogP contribution in [0.15, 0.2) is 0 Å². The molecule has 2 unspecified atom stereocenters. The first-order chi connectivity index (χ1) is 7.19. The van der Waals surface area contributed by atoms with Crippen molar-refractivity contribution in [2.75, 3.05) is 18.4 Å². The van der Waals surface area contributed by atoms with Gasteiger partial charge in [0.25, 0.3) is 5.91 Å². The predicted molar refractivity (Wildman–Crippen MR) is 64.2 cm³/mol. The average Bonchev–Trinajstić information content (AvgIpc) is 2.63. The molecule has 0 spiro atoms. The summed E-state index contributed by atoms with van der Waals surface area (Å²) in [7, 11) is 0. The van der Waals surface area contributed by atoms with Crippen molar-refractivity contribution in [1.82, 2.24) is 4.90 Å². The highest BCUT2D eigenvalue weighted by Gasteiger charge is 2.30. The van der Waals surface area contributed by atoms with Crippen LogP contribution in [0.4, 0.5) is 0 Å². The number of carbonyl (C=O) groups excluding carboxylic acids is 1. The summed E-state index contributed by atoms with van der Waals surface area (Å²) in [6.45, 7) is 5.73. The van der Waals surface area contributed by atoms with Gasteiger partial charge in [-0.25, -0.2) is 0 Å². The zero-order valence-corrected chi connectivity index (χ0v) is 11.1. The van der Waals surface area contributed by atoms with Crippen LogP contribution in [-0.4, -0.2) is 41.4 Å². The molecule has 0 bridgehead atoms. The Labute approximate surface area is 100 Å². The quantitative estimate of drug-likeness (QED) is 0.721. The molecule has 0 aliphatic carbocycles. The van der Waals surface area contributed by atoms with Crippen LogP contribution in [0.3, 0.4) is 0 Å². The number of amides is 1. The zero-order valence-electron chi connectivity index (χ0n) is 9.54. The van der Waals surface area contributed by atoms with Gasteiger partial charge in [0.1, 0.15) is 6.10 Å². The molecule has 1 fully saturated rings. The number of ether oxygens (including phenoxy) is 1. The van der Waals surface area contributed by atoms with Gasteiger partial charge in [0.15, 0.2) is 0 Å². The second kappa shape index (κ2) is 6.48. The first kappa shape index (κ1) is 13.0. The van der Waals surface area contributed by atoms with E-state index in [0.29, 0.717) is 0 Å². The van der Waals surface area contributed by atoms with Gasteiger partial charge in [0.2, 0.25) is 0 Å². The van der Waals surface area contributed by atoms with Crippen LogP contribution in [-0.2, 0) is 9.53 Å². The smallest absolute Gasteiger partial charge is 0.251 e. The summed E-state index contributed by atoms with van der Waals surface area (Å²) in [4.78, 5) is 14.0. The van der Waals surface area contributed by atoms with Crippen molar-refractivity contribution >= 4 is 21.8 Å². The molecule has 3 nitrogen and oxygen atoms in total. The number of halogens is 1. The molecule has 1 rings (SSSR count). The van der Waals surface area contributed by atoms with Crippen LogP contribution >= 0.6 is 15.9 Å². The minimum atomic E-state index is -0.189. The lowest BCUT2D eigenvalue weighted by molar-refractivity contribution is -0.142. The molecule has 2 atom stereocenters. The predicted octanol–water partition coefficient (Wildman–Crippen LogP) is 2.19. The average molecular weight is 278 g/mol. The lowest BCUT2D eigenvalue weighted by atomic mass is 10.2. The van der Waals surface area contributed by atoms with Crippen molar-refractivity contribution in [3.05, 3.63) is 0 Å². The van der Waals surface area contributed by atoms with Crippen LogP contribution < -0.4 is 0 Å². The topological polar surface area (TPSA) is 29.5 Å². The van der Waals surface area contributed by atoms with Crippen molar-refractivity contribution < 1.29 is 9.53 Å². The highest BCUT2D eigenvalue weighted by molar-refractivity contribution is 9.09. The maximum Gasteiger partial charge on any atom is 0.251 e. The Morgan fingerprint density at radius 2 is 2.20 bits per heavy atom. The van der Waals surface area contributed by atoms with E-state index in [1.165, 1.54) is 0 Å². The Kier molecular flexibility index (Phi) is 5.61.